The van der Waals surface area contributed by atoms with E-state index in [1.807, 2.05) is 6.92 Å². The number of ether oxygens (including phenoxy) is 1. The van der Waals surface area contributed by atoms with Crippen molar-refractivity contribution in [3.05, 3.63) is 39.4 Å². The van der Waals surface area contributed by atoms with Gasteiger partial charge in [0.15, 0.2) is 5.75 Å². The lowest BCUT2D eigenvalue weighted by Gasteiger charge is -2.30. The van der Waals surface area contributed by atoms with E-state index in [1.165, 1.54) is 6.20 Å². The normalized spacial score (nSPS) is 19.9. The van der Waals surface area contributed by atoms with Crippen LogP contribution in [0.25, 0.3) is 10.9 Å². The fraction of sp³-hybridized carbons (Fsp3) is 0.412. The predicted molar refractivity (Wildman–Crippen MR) is 92.6 cm³/mol. The van der Waals surface area contributed by atoms with Gasteiger partial charge in [-0.25, -0.2) is 9.18 Å². The highest BCUT2D eigenvalue weighted by atomic mass is 35.5. The molecule has 0 bridgehead atoms. The molecule has 1 atom stereocenters. The molecule has 0 radical (unpaired) electrons. The Morgan fingerprint density at radius 2 is 2.16 bits per heavy atom. The zero-order chi connectivity index (χ0) is 17.2. The SMILES string of the molecule is CNC1(c2c(F)cc3c(=O)c(C(=O)O)cn4c3c2OC[C@@H]4C)CC1.Cl. The number of carbonyl (C=O) groups is 1. The van der Waals surface area contributed by atoms with Crippen LogP contribution in [-0.4, -0.2) is 29.3 Å². The van der Waals surface area contributed by atoms with Gasteiger partial charge in [0.05, 0.1) is 28.0 Å². The van der Waals surface area contributed by atoms with Crippen molar-refractivity contribution in [2.75, 3.05) is 13.7 Å². The Bertz CT molecular complexity index is 952. The standard InChI is InChI=1S/C17H17FN2O4.ClH/c1-8-7-24-15-12(17(19-2)3-4-17)11(18)5-9-13(15)20(8)6-10(14(9)21)16(22)23;/h5-6,8,19H,3-4,7H2,1-2H3,(H,22,23);1H/t8-;/m0./s1. The topological polar surface area (TPSA) is 80.6 Å². The summed E-state index contributed by atoms with van der Waals surface area (Å²) in [5.41, 5.74) is -0.612. The molecule has 0 spiro atoms. The maximum absolute atomic E-state index is 14.8. The molecule has 1 fully saturated rings. The van der Waals surface area contributed by atoms with Crippen LogP contribution >= 0.6 is 12.4 Å². The van der Waals surface area contributed by atoms with E-state index < -0.39 is 22.8 Å². The van der Waals surface area contributed by atoms with Crippen molar-refractivity contribution in [1.82, 2.24) is 9.88 Å². The number of benzene rings is 1. The molecule has 1 aliphatic heterocycles. The Labute approximate surface area is 149 Å². The zero-order valence-corrected chi connectivity index (χ0v) is 14.6. The first kappa shape index (κ1) is 17.7. The molecule has 6 nitrogen and oxygen atoms in total. The Balaban J connectivity index is 0.00000182. The molecule has 1 aromatic carbocycles. The second-order valence-corrected chi connectivity index (χ2v) is 6.54. The number of nitrogens with one attached hydrogen (secondary N) is 1. The number of carboxylic acid groups (broad SMARTS) is 1. The van der Waals surface area contributed by atoms with Gasteiger partial charge in [-0.3, -0.25) is 4.79 Å². The smallest absolute Gasteiger partial charge is 0.341 e. The number of aromatic carboxylic acids is 1. The summed E-state index contributed by atoms with van der Waals surface area (Å²) in [5, 5.41) is 12.5. The zero-order valence-electron chi connectivity index (χ0n) is 13.8. The summed E-state index contributed by atoms with van der Waals surface area (Å²) < 4.78 is 22.4. The number of rotatable bonds is 3. The minimum Gasteiger partial charge on any atom is -0.489 e. The number of hydrogen-bond acceptors (Lipinski definition) is 4. The van der Waals surface area contributed by atoms with Crippen LogP contribution in [0.3, 0.4) is 0 Å². The van der Waals surface area contributed by atoms with Crippen LogP contribution in [0.4, 0.5) is 4.39 Å². The molecule has 4 rings (SSSR count). The fourth-order valence-corrected chi connectivity index (χ4v) is 3.57. The van der Waals surface area contributed by atoms with E-state index in [0.29, 0.717) is 23.4 Å². The summed E-state index contributed by atoms with van der Waals surface area (Å²) in [6, 6.07) is 1.000. The quantitative estimate of drug-likeness (QED) is 0.869. The third-order valence-electron chi connectivity index (χ3n) is 5.10. The Morgan fingerprint density at radius 1 is 1.48 bits per heavy atom. The molecule has 1 aromatic heterocycles. The van der Waals surface area contributed by atoms with Crippen LogP contribution in [0.15, 0.2) is 17.1 Å². The van der Waals surface area contributed by atoms with E-state index in [2.05, 4.69) is 5.32 Å². The largest absolute Gasteiger partial charge is 0.489 e. The third kappa shape index (κ3) is 2.33. The molecule has 0 saturated heterocycles. The molecule has 1 saturated carbocycles. The van der Waals surface area contributed by atoms with Gasteiger partial charge in [0.1, 0.15) is 18.0 Å². The molecule has 0 amide bonds. The van der Waals surface area contributed by atoms with Gasteiger partial charge in [0, 0.05) is 6.20 Å². The van der Waals surface area contributed by atoms with Gasteiger partial charge in [-0.1, -0.05) is 0 Å². The molecule has 25 heavy (non-hydrogen) atoms. The lowest BCUT2D eigenvalue weighted by atomic mass is 9.97. The molecule has 2 N–H and O–H groups in total. The van der Waals surface area contributed by atoms with Gasteiger partial charge in [-0.2, -0.15) is 0 Å². The second kappa shape index (κ2) is 5.71. The molecule has 8 heteroatoms. The van der Waals surface area contributed by atoms with Crippen molar-refractivity contribution in [3.8, 4) is 5.75 Å². The molecule has 2 heterocycles. The lowest BCUT2D eigenvalue weighted by molar-refractivity contribution is 0.0694. The fourth-order valence-electron chi connectivity index (χ4n) is 3.57. The lowest BCUT2D eigenvalue weighted by Crippen LogP contribution is -2.31. The maximum atomic E-state index is 14.8. The molecule has 2 aromatic rings. The third-order valence-corrected chi connectivity index (χ3v) is 5.10. The van der Waals surface area contributed by atoms with Crippen molar-refractivity contribution < 1.29 is 19.0 Å². The Kier molecular flexibility index (Phi) is 4.04. The van der Waals surface area contributed by atoms with E-state index >= 15 is 0 Å². The first-order valence-corrected chi connectivity index (χ1v) is 7.86. The molecule has 0 unspecified atom stereocenters. The van der Waals surface area contributed by atoms with Crippen molar-refractivity contribution in [3.63, 3.8) is 0 Å². The average Bonchev–Trinajstić information content (AvgIpc) is 3.33. The Hall–Kier alpha value is -2.12. The minimum atomic E-state index is -1.32. The van der Waals surface area contributed by atoms with E-state index in [0.717, 1.165) is 18.9 Å². The highest BCUT2D eigenvalue weighted by molar-refractivity contribution is 5.95. The molecular weight excluding hydrogens is 351 g/mol. The van der Waals surface area contributed by atoms with Gasteiger partial charge in [0.25, 0.3) is 0 Å². The number of pyridine rings is 1. The summed E-state index contributed by atoms with van der Waals surface area (Å²) >= 11 is 0. The summed E-state index contributed by atoms with van der Waals surface area (Å²) in [7, 11) is 1.77. The molecule has 2 aliphatic rings. The number of carboxylic acids is 1. The van der Waals surface area contributed by atoms with E-state index in [1.54, 1.807) is 11.6 Å². The summed E-state index contributed by atoms with van der Waals surface area (Å²) in [5.74, 6) is -1.50. The summed E-state index contributed by atoms with van der Waals surface area (Å²) in [6.07, 6.45) is 2.91. The van der Waals surface area contributed by atoms with Gasteiger partial charge in [0.2, 0.25) is 5.43 Å². The van der Waals surface area contributed by atoms with Crippen LogP contribution in [-0.2, 0) is 5.54 Å². The first-order chi connectivity index (χ1) is 11.4. The predicted octanol–water partition coefficient (Wildman–Crippen LogP) is 2.42. The number of halogens is 2. The van der Waals surface area contributed by atoms with Gasteiger partial charge in [-0.15, -0.1) is 12.4 Å². The van der Waals surface area contributed by atoms with Gasteiger partial charge < -0.3 is 19.7 Å². The van der Waals surface area contributed by atoms with Crippen LogP contribution in [0.2, 0.25) is 0 Å². The average molecular weight is 369 g/mol. The maximum Gasteiger partial charge on any atom is 0.341 e. The van der Waals surface area contributed by atoms with Crippen LogP contribution < -0.4 is 15.5 Å². The first-order valence-electron chi connectivity index (χ1n) is 7.86. The second-order valence-electron chi connectivity index (χ2n) is 6.54. The number of nitrogens with zero attached hydrogens (tertiary/aromatic N) is 1. The van der Waals surface area contributed by atoms with Crippen molar-refractivity contribution in [1.29, 1.82) is 0 Å². The Morgan fingerprint density at radius 3 is 2.72 bits per heavy atom. The highest BCUT2D eigenvalue weighted by Gasteiger charge is 2.48. The minimum absolute atomic E-state index is 0. The van der Waals surface area contributed by atoms with Gasteiger partial charge >= 0.3 is 5.97 Å². The van der Waals surface area contributed by atoms with E-state index in [9.17, 15) is 19.1 Å². The van der Waals surface area contributed by atoms with E-state index in [-0.39, 0.29) is 29.4 Å². The number of aromatic nitrogens is 1. The monoisotopic (exact) mass is 368 g/mol. The molecule has 134 valence electrons. The van der Waals surface area contributed by atoms with Crippen molar-refractivity contribution in [2.45, 2.75) is 31.3 Å². The van der Waals surface area contributed by atoms with Crippen LogP contribution in [0, 0.1) is 5.82 Å². The van der Waals surface area contributed by atoms with Crippen LogP contribution in [0.1, 0.15) is 41.7 Å². The van der Waals surface area contributed by atoms with Crippen molar-refractivity contribution >= 4 is 29.3 Å². The summed E-state index contributed by atoms with van der Waals surface area (Å²) in [4.78, 5) is 23.8. The highest BCUT2D eigenvalue weighted by Crippen LogP contribution is 2.52. The van der Waals surface area contributed by atoms with Gasteiger partial charge in [-0.05, 0) is 32.9 Å². The number of hydrogen-bond donors (Lipinski definition) is 2. The summed E-state index contributed by atoms with van der Waals surface area (Å²) in [6.45, 7) is 2.16. The van der Waals surface area contributed by atoms with Crippen LogP contribution in [0.5, 0.6) is 5.75 Å². The van der Waals surface area contributed by atoms with Crippen molar-refractivity contribution in [2.24, 2.45) is 0 Å². The van der Waals surface area contributed by atoms with E-state index in [4.69, 9.17) is 4.74 Å². The molecular formula is C17H18ClFN2O4. The molecule has 1 aliphatic carbocycles.